The lowest BCUT2D eigenvalue weighted by Gasteiger charge is -2.11. The van der Waals surface area contributed by atoms with Gasteiger partial charge in [0.2, 0.25) is 0 Å². The SMILES string of the molecule is CCOC(=O)c1nn(CC)c(-c2c[n+]([O-])ccc2OC(F)F)c1Cl. The van der Waals surface area contributed by atoms with Crippen LogP contribution in [0.1, 0.15) is 24.3 Å². The van der Waals surface area contributed by atoms with Crippen LogP contribution in [-0.2, 0) is 11.3 Å². The third kappa shape index (κ3) is 3.56. The number of hydrogen-bond donors (Lipinski definition) is 0. The molecule has 0 saturated carbocycles. The predicted octanol–water partition coefficient (Wildman–Crippen LogP) is 2.63. The molecule has 0 radical (unpaired) electrons. The van der Waals surface area contributed by atoms with E-state index in [4.69, 9.17) is 16.3 Å². The van der Waals surface area contributed by atoms with Gasteiger partial charge in [-0.3, -0.25) is 4.68 Å². The van der Waals surface area contributed by atoms with Crippen molar-refractivity contribution < 1.29 is 27.8 Å². The normalized spacial score (nSPS) is 10.9. The fourth-order valence-corrected chi connectivity index (χ4v) is 2.41. The van der Waals surface area contributed by atoms with Crippen LogP contribution in [0.2, 0.25) is 5.02 Å². The van der Waals surface area contributed by atoms with Crippen LogP contribution < -0.4 is 9.47 Å². The number of esters is 1. The van der Waals surface area contributed by atoms with Gasteiger partial charge in [0, 0.05) is 12.6 Å². The molecule has 0 amide bonds. The third-order valence-electron chi connectivity index (χ3n) is 3.03. The number of nitrogens with zero attached hydrogens (tertiary/aromatic N) is 3. The standard InChI is InChI=1S/C14H14ClF2N3O4/c1-3-20-12(10(15)11(18-20)13(21)23-4-2)8-7-19(22)6-5-9(8)24-14(16)17/h5-7,14H,3-4H2,1-2H3. The van der Waals surface area contributed by atoms with Gasteiger partial charge in [-0.15, -0.1) is 0 Å². The maximum absolute atomic E-state index is 12.6. The molecule has 0 bridgehead atoms. The lowest BCUT2D eigenvalue weighted by Crippen LogP contribution is -2.25. The molecule has 2 heterocycles. The summed E-state index contributed by atoms with van der Waals surface area (Å²) in [4.78, 5) is 11.9. The molecule has 0 atom stereocenters. The van der Waals surface area contributed by atoms with Gasteiger partial charge < -0.3 is 14.7 Å². The topological polar surface area (TPSA) is 80.3 Å². The highest BCUT2D eigenvalue weighted by Gasteiger charge is 2.27. The van der Waals surface area contributed by atoms with E-state index in [1.807, 2.05) is 0 Å². The molecule has 130 valence electrons. The Kier molecular flexibility index (Phi) is 5.55. The summed E-state index contributed by atoms with van der Waals surface area (Å²) < 4.78 is 36.2. The van der Waals surface area contributed by atoms with Gasteiger partial charge in [0.15, 0.2) is 18.1 Å². The quantitative estimate of drug-likeness (QED) is 0.449. The summed E-state index contributed by atoms with van der Waals surface area (Å²) >= 11 is 6.20. The molecule has 0 spiro atoms. The number of ether oxygens (including phenoxy) is 2. The second kappa shape index (κ2) is 7.43. The number of aryl methyl sites for hydroxylation is 1. The van der Waals surface area contributed by atoms with Gasteiger partial charge in [-0.2, -0.15) is 18.6 Å². The fourth-order valence-electron chi connectivity index (χ4n) is 2.10. The molecule has 0 unspecified atom stereocenters. The Bertz CT molecular complexity index is 752. The molecular formula is C14H14ClF2N3O4. The molecule has 0 fully saturated rings. The molecule has 0 aliphatic heterocycles. The number of halogens is 3. The Balaban J connectivity index is 2.63. The van der Waals surface area contributed by atoms with Crippen LogP contribution in [0.25, 0.3) is 11.3 Å². The van der Waals surface area contributed by atoms with Crippen LogP contribution in [0.5, 0.6) is 5.75 Å². The van der Waals surface area contributed by atoms with Crippen LogP contribution in [0.15, 0.2) is 18.5 Å². The van der Waals surface area contributed by atoms with E-state index in [1.54, 1.807) is 13.8 Å². The summed E-state index contributed by atoms with van der Waals surface area (Å²) in [6, 6.07) is 1.09. The molecule has 0 aliphatic rings. The van der Waals surface area contributed by atoms with Crippen molar-refractivity contribution in [3.63, 3.8) is 0 Å². The molecule has 0 N–H and O–H groups in total. The largest absolute Gasteiger partial charge is 0.619 e. The highest BCUT2D eigenvalue weighted by molar-refractivity contribution is 6.35. The van der Waals surface area contributed by atoms with E-state index in [1.165, 1.54) is 4.68 Å². The minimum absolute atomic E-state index is 0.0114. The zero-order valence-electron chi connectivity index (χ0n) is 12.8. The Labute approximate surface area is 140 Å². The predicted molar refractivity (Wildman–Crippen MR) is 79.9 cm³/mol. The number of pyridine rings is 1. The van der Waals surface area contributed by atoms with Crippen molar-refractivity contribution in [2.75, 3.05) is 6.61 Å². The Morgan fingerprint density at radius 1 is 1.50 bits per heavy atom. The van der Waals surface area contributed by atoms with E-state index in [0.29, 0.717) is 4.73 Å². The number of alkyl halides is 2. The van der Waals surface area contributed by atoms with Crippen molar-refractivity contribution >= 4 is 17.6 Å². The molecule has 7 nitrogen and oxygen atoms in total. The van der Waals surface area contributed by atoms with Crippen LogP contribution >= 0.6 is 11.6 Å². The summed E-state index contributed by atoms with van der Waals surface area (Å²) in [5.74, 6) is -1.01. The van der Waals surface area contributed by atoms with Crippen LogP contribution in [0.3, 0.4) is 0 Å². The molecule has 2 rings (SSSR count). The Morgan fingerprint density at radius 3 is 2.79 bits per heavy atom. The van der Waals surface area contributed by atoms with Gasteiger partial charge in [-0.05, 0) is 13.8 Å². The first-order valence-electron chi connectivity index (χ1n) is 7.00. The van der Waals surface area contributed by atoms with E-state index < -0.39 is 12.6 Å². The molecule has 2 aromatic rings. The van der Waals surface area contributed by atoms with Crippen molar-refractivity contribution in [1.82, 2.24) is 9.78 Å². The first-order chi connectivity index (χ1) is 11.4. The number of aromatic nitrogens is 3. The van der Waals surface area contributed by atoms with Gasteiger partial charge in [-0.1, -0.05) is 11.6 Å². The van der Waals surface area contributed by atoms with Gasteiger partial charge in [-0.25, -0.2) is 4.79 Å². The van der Waals surface area contributed by atoms with E-state index in [-0.39, 0.29) is 40.9 Å². The Hall–Kier alpha value is -2.42. The highest BCUT2D eigenvalue weighted by Crippen LogP contribution is 2.36. The summed E-state index contributed by atoms with van der Waals surface area (Å²) in [7, 11) is 0. The minimum atomic E-state index is -3.09. The van der Waals surface area contributed by atoms with Crippen molar-refractivity contribution in [1.29, 1.82) is 0 Å². The lowest BCUT2D eigenvalue weighted by molar-refractivity contribution is -0.604. The van der Waals surface area contributed by atoms with Gasteiger partial charge >= 0.3 is 12.6 Å². The summed E-state index contributed by atoms with van der Waals surface area (Å²) in [6.07, 6.45) is 2.02. The van der Waals surface area contributed by atoms with Crippen LogP contribution in [-0.4, -0.2) is 29.0 Å². The van der Waals surface area contributed by atoms with Gasteiger partial charge in [0.05, 0.1) is 12.3 Å². The fraction of sp³-hybridized carbons (Fsp3) is 0.357. The first-order valence-corrected chi connectivity index (χ1v) is 7.38. The number of carbonyl (C=O) groups excluding carboxylic acids is 1. The average Bonchev–Trinajstić information content (AvgIpc) is 2.85. The molecule has 10 heteroatoms. The zero-order chi connectivity index (χ0) is 17.9. The number of rotatable bonds is 6. The monoisotopic (exact) mass is 361 g/mol. The molecule has 0 aromatic carbocycles. The van der Waals surface area contributed by atoms with E-state index in [9.17, 15) is 18.8 Å². The lowest BCUT2D eigenvalue weighted by atomic mass is 10.1. The second-order valence-electron chi connectivity index (χ2n) is 4.51. The number of hydrogen-bond acceptors (Lipinski definition) is 5. The third-order valence-corrected chi connectivity index (χ3v) is 3.39. The van der Waals surface area contributed by atoms with Crippen molar-refractivity contribution in [2.45, 2.75) is 27.0 Å². The van der Waals surface area contributed by atoms with E-state index in [0.717, 1.165) is 18.5 Å². The van der Waals surface area contributed by atoms with E-state index in [2.05, 4.69) is 9.84 Å². The second-order valence-corrected chi connectivity index (χ2v) is 4.89. The van der Waals surface area contributed by atoms with Crippen molar-refractivity contribution in [3.05, 3.63) is 34.4 Å². The molecule has 2 aromatic heterocycles. The van der Waals surface area contributed by atoms with Crippen molar-refractivity contribution in [2.24, 2.45) is 0 Å². The molecule has 0 saturated heterocycles. The van der Waals surface area contributed by atoms with Gasteiger partial charge in [0.1, 0.15) is 16.3 Å². The van der Waals surface area contributed by atoms with Crippen LogP contribution in [0.4, 0.5) is 8.78 Å². The maximum atomic E-state index is 12.6. The average molecular weight is 362 g/mol. The van der Waals surface area contributed by atoms with Crippen LogP contribution in [0, 0.1) is 5.21 Å². The minimum Gasteiger partial charge on any atom is -0.619 e. The maximum Gasteiger partial charge on any atom is 0.387 e. The van der Waals surface area contributed by atoms with Crippen molar-refractivity contribution in [3.8, 4) is 17.0 Å². The van der Waals surface area contributed by atoms with E-state index >= 15 is 0 Å². The van der Waals surface area contributed by atoms with Gasteiger partial charge in [0.25, 0.3) is 0 Å². The molecule has 0 aliphatic carbocycles. The molecule has 24 heavy (non-hydrogen) atoms. The smallest absolute Gasteiger partial charge is 0.387 e. The summed E-state index contributed by atoms with van der Waals surface area (Å²) in [6.45, 7) is 0.637. The number of carbonyl (C=O) groups is 1. The first kappa shape index (κ1) is 17.9. The highest BCUT2D eigenvalue weighted by atomic mass is 35.5. The zero-order valence-corrected chi connectivity index (χ0v) is 13.6. The molecular weight excluding hydrogens is 348 g/mol. The Morgan fingerprint density at radius 2 is 2.21 bits per heavy atom. The summed E-state index contributed by atoms with van der Waals surface area (Å²) in [5, 5.41) is 15.5. The summed E-state index contributed by atoms with van der Waals surface area (Å²) in [5.41, 5.74) is -0.0644.